The fraction of sp³-hybridized carbons (Fsp3) is 0.750. The summed E-state index contributed by atoms with van der Waals surface area (Å²) in [4.78, 5) is 20.4. The molecule has 1 aromatic heterocycles. The highest BCUT2D eigenvalue weighted by molar-refractivity contribution is 7.15. The maximum absolute atomic E-state index is 12.4. The monoisotopic (exact) mass is 307 g/mol. The molecule has 0 saturated carbocycles. The molecule has 1 aliphatic carbocycles. The first kappa shape index (κ1) is 14.8. The topological polar surface area (TPSA) is 45.2 Å². The molecule has 0 bridgehead atoms. The van der Waals surface area contributed by atoms with Crippen LogP contribution in [0.3, 0.4) is 0 Å². The van der Waals surface area contributed by atoms with Gasteiger partial charge in [-0.2, -0.15) is 0 Å². The largest absolute Gasteiger partial charge is 0.324 e. The van der Waals surface area contributed by atoms with Gasteiger partial charge in [0.05, 0.1) is 5.69 Å². The number of thiazole rings is 1. The fourth-order valence-corrected chi connectivity index (χ4v) is 4.38. The van der Waals surface area contributed by atoms with Crippen molar-refractivity contribution in [3.8, 4) is 0 Å². The van der Waals surface area contributed by atoms with E-state index in [1.54, 1.807) is 11.3 Å². The number of hydrogen-bond acceptors (Lipinski definition) is 3. The standard InChI is InChI=1S/C16H25N3OS/c1-2-12-7-6-10-19(11-12)16(20)18-15-17-13-8-4-3-5-9-14(13)21-15/h12H,2-11H2,1H3,(H,17,18,20). The van der Waals surface area contributed by atoms with Crippen molar-refractivity contribution in [3.05, 3.63) is 10.6 Å². The van der Waals surface area contributed by atoms with Gasteiger partial charge in [0.15, 0.2) is 5.13 Å². The van der Waals surface area contributed by atoms with Gasteiger partial charge in [-0.15, -0.1) is 11.3 Å². The number of aryl methyl sites for hydroxylation is 2. The van der Waals surface area contributed by atoms with Crippen molar-refractivity contribution in [2.24, 2.45) is 5.92 Å². The van der Waals surface area contributed by atoms with E-state index in [9.17, 15) is 4.79 Å². The highest BCUT2D eigenvalue weighted by Crippen LogP contribution is 2.29. The number of nitrogens with zero attached hydrogens (tertiary/aromatic N) is 2. The van der Waals surface area contributed by atoms with Crippen LogP contribution in [0.4, 0.5) is 9.93 Å². The highest BCUT2D eigenvalue weighted by Gasteiger charge is 2.23. The summed E-state index contributed by atoms with van der Waals surface area (Å²) in [6.07, 6.45) is 9.54. The van der Waals surface area contributed by atoms with Gasteiger partial charge in [0.25, 0.3) is 0 Å². The number of hydrogen-bond donors (Lipinski definition) is 1. The second-order valence-electron chi connectivity index (χ2n) is 6.24. The van der Waals surface area contributed by atoms with Crippen LogP contribution in [0.15, 0.2) is 0 Å². The second kappa shape index (κ2) is 6.77. The zero-order chi connectivity index (χ0) is 14.7. The van der Waals surface area contributed by atoms with E-state index >= 15 is 0 Å². The summed E-state index contributed by atoms with van der Waals surface area (Å²) >= 11 is 1.68. The molecule has 2 heterocycles. The molecule has 1 saturated heterocycles. The van der Waals surface area contributed by atoms with E-state index < -0.39 is 0 Å². The molecule has 1 N–H and O–H groups in total. The number of piperidine rings is 1. The number of nitrogens with one attached hydrogen (secondary N) is 1. The minimum absolute atomic E-state index is 0.0389. The first-order valence-corrected chi connectivity index (χ1v) is 9.12. The van der Waals surface area contributed by atoms with Crippen molar-refractivity contribution in [1.82, 2.24) is 9.88 Å². The van der Waals surface area contributed by atoms with E-state index in [4.69, 9.17) is 0 Å². The summed E-state index contributed by atoms with van der Waals surface area (Å²) < 4.78 is 0. The molecule has 1 atom stereocenters. The molecule has 0 spiro atoms. The lowest BCUT2D eigenvalue weighted by atomic mass is 9.96. The molecule has 4 nitrogen and oxygen atoms in total. The Hall–Kier alpha value is -1.10. The summed E-state index contributed by atoms with van der Waals surface area (Å²) in [5.74, 6) is 0.664. The van der Waals surface area contributed by atoms with Crippen LogP contribution in [0.1, 0.15) is 56.0 Å². The van der Waals surface area contributed by atoms with Crippen LogP contribution in [-0.2, 0) is 12.8 Å². The van der Waals surface area contributed by atoms with Crippen LogP contribution in [-0.4, -0.2) is 29.0 Å². The number of urea groups is 1. The molecule has 1 aliphatic heterocycles. The maximum atomic E-state index is 12.4. The molecule has 1 aromatic rings. The molecule has 0 radical (unpaired) electrons. The predicted octanol–water partition coefficient (Wildman–Crippen LogP) is 4.07. The molecule has 5 heteroatoms. The molecule has 2 amide bonds. The van der Waals surface area contributed by atoms with E-state index in [0.29, 0.717) is 5.92 Å². The molecule has 1 unspecified atom stereocenters. The summed E-state index contributed by atoms with van der Waals surface area (Å²) in [5, 5.41) is 3.83. The van der Waals surface area contributed by atoms with Crippen LogP contribution in [0.25, 0.3) is 0 Å². The summed E-state index contributed by atoms with van der Waals surface area (Å²) in [6, 6.07) is 0.0389. The van der Waals surface area contributed by atoms with E-state index in [1.807, 2.05) is 4.90 Å². The number of carbonyl (C=O) groups is 1. The Morgan fingerprint density at radius 2 is 2.19 bits per heavy atom. The third-order valence-electron chi connectivity index (χ3n) is 4.69. The lowest BCUT2D eigenvalue weighted by Crippen LogP contribution is -2.42. The van der Waals surface area contributed by atoms with Gasteiger partial charge in [-0.3, -0.25) is 5.32 Å². The molecule has 3 rings (SSSR count). The second-order valence-corrected chi connectivity index (χ2v) is 7.33. The van der Waals surface area contributed by atoms with Gasteiger partial charge in [-0.25, -0.2) is 9.78 Å². The minimum atomic E-state index is 0.0389. The Morgan fingerprint density at radius 3 is 3.05 bits per heavy atom. The Labute approximate surface area is 130 Å². The van der Waals surface area contributed by atoms with Gasteiger partial charge in [-0.05, 0) is 44.4 Å². The quantitative estimate of drug-likeness (QED) is 0.837. The van der Waals surface area contributed by atoms with E-state index in [2.05, 4.69) is 17.2 Å². The zero-order valence-electron chi connectivity index (χ0n) is 12.9. The van der Waals surface area contributed by atoms with Gasteiger partial charge in [-0.1, -0.05) is 19.8 Å². The first-order chi connectivity index (χ1) is 10.3. The van der Waals surface area contributed by atoms with E-state index in [-0.39, 0.29) is 6.03 Å². The summed E-state index contributed by atoms with van der Waals surface area (Å²) in [6.45, 7) is 3.99. The third-order valence-corrected chi connectivity index (χ3v) is 5.77. The van der Waals surface area contributed by atoms with Crippen molar-refractivity contribution in [2.75, 3.05) is 18.4 Å². The molecular formula is C16H25N3OS. The average Bonchev–Trinajstić information content (AvgIpc) is 2.76. The normalized spacial score (nSPS) is 22.5. The highest BCUT2D eigenvalue weighted by atomic mass is 32.1. The van der Waals surface area contributed by atoms with Crippen molar-refractivity contribution in [3.63, 3.8) is 0 Å². The lowest BCUT2D eigenvalue weighted by Gasteiger charge is -2.31. The van der Waals surface area contributed by atoms with Gasteiger partial charge >= 0.3 is 6.03 Å². The van der Waals surface area contributed by atoms with Crippen LogP contribution in [0.2, 0.25) is 0 Å². The minimum Gasteiger partial charge on any atom is -0.324 e. The number of amides is 2. The third kappa shape index (κ3) is 3.57. The molecule has 1 fully saturated rings. The number of rotatable bonds is 2. The number of aromatic nitrogens is 1. The van der Waals surface area contributed by atoms with Gasteiger partial charge < -0.3 is 4.90 Å². The SMILES string of the molecule is CCC1CCCN(C(=O)Nc2nc3c(s2)CCCCC3)C1. The van der Waals surface area contributed by atoms with Crippen molar-refractivity contribution in [1.29, 1.82) is 0 Å². The van der Waals surface area contributed by atoms with Crippen molar-refractivity contribution in [2.45, 2.75) is 58.3 Å². The Morgan fingerprint density at radius 1 is 1.33 bits per heavy atom. The number of likely N-dealkylation sites (tertiary alicyclic amines) is 1. The maximum Gasteiger partial charge on any atom is 0.323 e. The van der Waals surface area contributed by atoms with Crippen molar-refractivity contribution < 1.29 is 4.79 Å². The molecular weight excluding hydrogens is 282 g/mol. The van der Waals surface area contributed by atoms with Crippen molar-refractivity contribution >= 4 is 22.5 Å². The number of fused-ring (bicyclic) bond motifs is 1. The predicted molar refractivity (Wildman–Crippen MR) is 87.0 cm³/mol. The number of anilines is 1. The Balaban J connectivity index is 1.62. The van der Waals surface area contributed by atoms with Crippen LogP contribution < -0.4 is 5.32 Å². The fourth-order valence-electron chi connectivity index (χ4n) is 3.34. The van der Waals surface area contributed by atoms with E-state index in [1.165, 1.54) is 36.3 Å². The zero-order valence-corrected chi connectivity index (χ0v) is 13.7. The molecule has 2 aliphatic rings. The first-order valence-electron chi connectivity index (χ1n) is 8.30. The molecule has 116 valence electrons. The summed E-state index contributed by atoms with van der Waals surface area (Å²) in [5.41, 5.74) is 1.22. The smallest absolute Gasteiger partial charge is 0.323 e. The summed E-state index contributed by atoms with van der Waals surface area (Å²) in [7, 11) is 0. The lowest BCUT2D eigenvalue weighted by molar-refractivity contribution is 0.176. The van der Waals surface area contributed by atoms with Gasteiger partial charge in [0.2, 0.25) is 0 Å². The van der Waals surface area contributed by atoms with Crippen LogP contribution in [0.5, 0.6) is 0 Å². The van der Waals surface area contributed by atoms with Gasteiger partial charge in [0, 0.05) is 18.0 Å². The van der Waals surface area contributed by atoms with Crippen LogP contribution >= 0.6 is 11.3 Å². The van der Waals surface area contributed by atoms with E-state index in [0.717, 1.165) is 43.9 Å². The average molecular weight is 307 g/mol. The molecule has 0 aromatic carbocycles. The molecule has 21 heavy (non-hydrogen) atoms. The van der Waals surface area contributed by atoms with Crippen LogP contribution in [0, 0.1) is 5.92 Å². The Bertz CT molecular complexity index is 476. The number of carbonyl (C=O) groups excluding carboxylic acids is 1. The van der Waals surface area contributed by atoms with Gasteiger partial charge in [0.1, 0.15) is 0 Å². The Kier molecular flexibility index (Phi) is 4.78.